The number of hydrogen-bond donors (Lipinski definition) is 3. The van der Waals surface area contributed by atoms with Crippen LogP contribution in [0, 0.1) is 5.92 Å². The number of hydrogen-bond acceptors (Lipinski definition) is 7. The average molecular weight is 359 g/mol. The molecule has 0 spiro atoms. The van der Waals surface area contributed by atoms with Gasteiger partial charge in [-0.05, 0) is 50.7 Å². The van der Waals surface area contributed by atoms with E-state index in [4.69, 9.17) is 15.2 Å². The maximum Gasteiger partial charge on any atom is 0.210 e. The Hall–Kier alpha value is -2.25. The molecule has 1 aromatic rings. The molecule has 4 N–H and O–H groups in total. The zero-order valence-corrected chi connectivity index (χ0v) is 15.8. The van der Waals surface area contributed by atoms with Crippen LogP contribution in [0.5, 0.6) is 11.5 Å². The molecule has 1 saturated heterocycles. The van der Waals surface area contributed by atoms with E-state index >= 15 is 0 Å². The molecule has 3 rings (SSSR count). The number of aliphatic imine (C=N–C) groups is 1. The summed E-state index contributed by atoms with van der Waals surface area (Å²) >= 11 is 0. The number of allylic oxidation sites excluding steroid dienone is 1. The number of methoxy groups -OCH3 is 1. The van der Waals surface area contributed by atoms with Gasteiger partial charge in [-0.2, -0.15) is 0 Å². The molecular formula is C19H29N5O2. The molecule has 0 aromatic heterocycles. The molecule has 0 aliphatic carbocycles. The Labute approximate surface area is 155 Å². The summed E-state index contributed by atoms with van der Waals surface area (Å²) in [7, 11) is 5.64. The molecule has 1 fully saturated rings. The molecule has 1 aromatic carbocycles. The average Bonchev–Trinajstić information content (AvgIpc) is 2.66. The zero-order valence-electron chi connectivity index (χ0n) is 15.8. The smallest absolute Gasteiger partial charge is 0.210 e. The molecular weight excluding hydrogens is 330 g/mol. The molecule has 0 radical (unpaired) electrons. The van der Waals surface area contributed by atoms with Crippen LogP contribution >= 0.6 is 0 Å². The molecule has 0 amide bonds. The van der Waals surface area contributed by atoms with Gasteiger partial charge < -0.3 is 25.0 Å². The van der Waals surface area contributed by atoms with E-state index in [2.05, 4.69) is 27.6 Å². The van der Waals surface area contributed by atoms with Gasteiger partial charge in [-0.15, -0.1) is 0 Å². The second-order valence-corrected chi connectivity index (χ2v) is 6.95. The largest absolute Gasteiger partial charge is 0.493 e. The van der Waals surface area contributed by atoms with Crippen LogP contribution in [0.25, 0.3) is 0 Å². The van der Waals surface area contributed by atoms with Crippen molar-refractivity contribution in [3.8, 4) is 11.5 Å². The molecule has 0 bridgehead atoms. The van der Waals surface area contributed by atoms with E-state index in [9.17, 15) is 0 Å². The first kappa shape index (κ1) is 18.5. The number of likely N-dealkylation sites (tertiary alicyclic amines) is 1. The Balaban J connectivity index is 1.76. The third-order valence-corrected chi connectivity index (χ3v) is 4.91. The Morgan fingerprint density at radius 3 is 3.00 bits per heavy atom. The number of benzene rings is 1. The van der Waals surface area contributed by atoms with Crippen LogP contribution in [0.4, 0.5) is 0 Å². The molecule has 2 aliphatic rings. The van der Waals surface area contributed by atoms with Crippen LogP contribution < -0.4 is 25.8 Å². The van der Waals surface area contributed by atoms with Crippen molar-refractivity contribution in [3.05, 3.63) is 35.7 Å². The van der Waals surface area contributed by atoms with Crippen molar-refractivity contribution in [2.45, 2.75) is 18.6 Å². The molecule has 2 atom stereocenters. The van der Waals surface area contributed by atoms with E-state index in [1.807, 2.05) is 31.3 Å². The van der Waals surface area contributed by atoms with Crippen LogP contribution in [-0.4, -0.2) is 52.0 Å². The standard InChI is InChI=1S/C19H29N5O2/c1-21-18-8-9-22-19(20,23-18)15-6-7-16(25-3)17(11-15)26-13-14-5-4-10-24(2)12-14/h6-9,11,14,21,23H,4-5,10,12-13,20H2,1-3H3. The minimum absolute atomic E-state index is 0.526. The Morgan fingerprint density at radius 2 is 2.27 bits per heavy atom. The van der Waals surface area contributed by atoms with E-state index < -0.39 is 5.79 Å². The van der Waals surface area contributed by atoms with Gasteiger partial charge in [0.05, 0.1) is 13.7 Å². The molecule has 2 aliphatic heterocycles. The fourth-order valence-corrected chi connectivity index (χ4v) is 3.44. The number of ether oxygens (including phenoxy) is 2. The van der Waals surface area contributed by atoms with Gasteiger partial charge in [-0.25, -0.2) is 4.99 Å². The highest BCUT2D eigenvalue weighted by Crippen LogP contribution is 2.33. The van der Waals surface area contributed by atoms with Crippen molar-refractivity contribution in [1.82, 2.24) is 15.5 Å². The van der Waals surface area contributed by atoms with Crippen LogP contribution in [0.3, 0.4) is 0 Å². The second kappa shape index (κ2) is 7.97. The summed E-state index contributed by atoms with van der Waals surface area (Å²) in [4.78, 5) is 6.76. The maximum absolute atomic E-state index is 6.47. The fourth-order valence-electron chi connectivity index (χ4n) is 3.44. The molecule has 26 heavy (non-hydrogen) atoms. The fraction of sp³-hybridized carbons (Fsp3) is 0.526. The second-order valence-electron chi connectivity index (χ2n) is 6.95. The van der Waals surface area contributed by atoms with Gasteiger partial charge in [0.15, 0.2) is 11.5 Å². The van der Waals surface area contributed by atoms with E-state index in [0.717, 1.165) is 24.5 Å². The molecule has 7 nitrogen and oxygen atoms in total. The normalized spacial score (nSPS) is 26.0. The Kier molecular flexibility index (Phi) is 5.68. The van der Waals surface area contributed by atoms with Crippen LogP contribution in [0.1, 0.15) is 18.4 Å². The van der Waals surface area contributed by atoms with Crippen molar-refractivity contribution in [3.63, 3.8) is 0 Å². The van der Waals surface area contributed by atoms with Crippen LogP contribution in [0.15, 0.2) is 35.1 Å². The first-order valence-corrected chi connectivity index (χ1v) is 9.04. The van der Waals surface area contributed by atoms with Crippen LogP contribution in [0.2, 0.25) is 0 Å². The van der Waals surface area contributed by atoms with Crippen molar-refractivity contribution < 1.29 is 9.47 Å². The number of nitrogens with zero attached hydrogens (tertiary/aromatic N) is 2. The molecule has 7 heteroatoms. The van der Waals surface area contributed by atoms with E-state index in [1.54, 1.807) is 13.3 Å². The van der Waals surface area contributed by atoms with E-state index in [1.165, 1.54) is 12.8 Å². The monoisotopic (exact) mass is 359 g/mol. The van der Waals surface area contributed by atoms with Gasteiger partial charge in [0.1, 0.15) is 5.82 Å². The van der Waals surface area contributed by atoms with E-state index in [0.29, 0.717) is 24.0 Å². The predicted molar refractivity (Wildman–Crippen MR) is 103 cm³/mol. The number of nitrogens with one attached hydrogen (secondary N) is 2. The predicted octanol–water partition coefficient (Wildman–Crippen LogP) is 1.22. The number of rotatable bonds is 6. The van der Waals surface area contributed by atoms with Crippen molar-refractivity contribution in [2.24, 2.45) is 16.6 Å². The van der Waals surface area contributed by atoms with Crippen molar-refractivity contribution in [1.29, 1.82) is 0 Å². The Morgan fingerprint density at radius 1 is 1.42 bits per heavy atom. The summed E-state index contributed by atoms with van der Waals surface area (Å²) in [5.41, 5.74) is 7.28. The highest BCUT2D eigenvalue weighted by molar-refractivity contribution is 5.73. The van der Waals surface area contributed by atoms with Crippen LogP contribution in [-0.2, 0) is 5.79 Å². The molecule has 142 valence electrons. The van der Waals surface area contributed by atoms with Crippen molar-refractivity contribution >= 4 is 6.21 Å². The summed E-state index contributed by atoms with van der Waals surface area (Å²) in [6, 6.07) is 5.69. The summed E-state index contributed by atoms with van der Waals surface area (Å²) < 4.78 is 11.6. The lowest BCUT2D eigenvalue weighted by Crippen LogP contribution is -2.51. The number of piperidine rings is 1. The third kappa shape index (κ3) is 4.11. The van der Waals surface area contributed by atoms with Gasteiger partial charge in [-0.1, -0.05) is 0 Å². The topological polar surface area (TPSA) is 84.1 Å². The van der Waals surface area contributed by atoms with E-state index in [-0.39, 0.29) is 0 Å². The zero-order chi connectivity index (χ0) is 18.6. The number of nitrogens with two attached hydrogens (primary N) is 1. The summed E-state index contributed by atoms with van der Waals surface area (Å²) in [5, 5.41) is 6.26. The van der Waals surface area contributed by atoms with Gasteiger partial charge in [0.2, 0.25) is 5.79 Å². The van der Waals surface area contributed by atoms with Crippen molar-refractivity contribution in [2.75, 3.05) is 40.9 Å². The van der Waals surface area contributed by atoms with Gasteiger partial charge in [0, 0.05) is 31.3 Å². The Bertz CT molecular complexity index is 691. The molecule has 0 saturated carbocycles. The summed E-state index contributed by atoms with van der Waals surface area (Å²) in [6.07, 6.45) is 5.94. The van der Waals surface area contributed by atoms with Gasteiger partial charge in [0.25, 0.3) is 0 Å². The lowest BCUT2D eigenvalue weighted by molar-refractivity contribution is 0.148. The quantitative estimate of drug-likeness (QED) is 0.708. The first-order valence-electron chi connectivity index (χ1n) is 9.04. The first-order chi connectivity index (χ1) is 12.5. The highest BCUT2D eigenvalue weighted by atomic mass is 16.5. The minimum atomic E-state index is -1.04. The van der Waals surface area contributed by atoms with Gasteiger partial charge in [-0.3, -0.25) is 5.73 Å². The lowest BCUT2D eigenvalue weighted by Gasteiger charge is -2.32. The maximum atomic E-state index is 6.47. The minimum Gasteiger partial charge on any atom is -0.493 e. The highest BCUT2D eigenvalue weighted by Gasteiger charge is 2.29. The molecule has 2 heterocycles. The lowest BCUT2D eigenvalue weighted by atomic mass is 9.99. The van der Waals surface area contributed by atoms with Gasteiger partial charge >= 0.3 is 0 Å². The summed E-state index contributed by atoms with van der Waals surface area (Å²) in [5.74, 6) is 1.69. The summed E-state index contributed by atoms with van der Waals surface area (Å²) in [6.45, 7) is 2.89. The SMILES string of the molecule is CNC1=CC=NC(N)(c2ccc(OC)c(OCC3CCCN(C)C3)c2)N1. The molecule has 2 unspecified atom stereocenters. The third-order valence-electron chi connectivity index (χ3n) is 4.91.